The zero-order valence-corrected chi connectivity index (χ0v) is 17.7. The smallest absolute Gasteiger partial charge is 0.237 e. The monoisotopic (exact) mass is 403 g/mol. The molecule has 0 aromatic heterocycles. The van der Waals surface area contributed by atoms with Crippen LogP contribution in [0.2, 0.25) is 0 Å². The molecule has 0 bridgehead atoms. The van der Waals surface area contributed by atoms with Gasteiger partial charge >= 0.3 is 0 Å². The number of halogens is 2. The van der Waals surface area contributed by atoms with Crippen LogP contribution in [0.1, 0.15) is 12.0 Å². The lowest BCUT2D eigenvalue weighted by atomic mass is 10.1. The van der Waals surface area contributed by atoms with E-state index in [1.54, 1.807) is 0 Å². The lowest BCUT2D eigenvalue weighted by Crippen LogP contribution is -2.43. The predicted molar refractivity (Wildman–Crippen MR) is 112 cm³/mol. The predicted octanol–water partition coefficient (Wildman–Crippen LogP) is 2.05. The summed E-state index contributed by atoms with van der Waals surface area (Å²) in [6, 6.07) is 7.54. The van der Waals surface area contributed by atoms with Gasteiger partial charge in [0, 0.05) is 43.5 Å². The van der Waals surface area contributed by atoms with Crippen LogP contribution in [0.5, 0.6) is 0 Å². The first-order chi connectivity index (χ1) is 12.3. The van der Waals surface area contributed by atoms with E-state index in [0.29, 0.717) is 24.7 Å². The molecule has 0 aliphatic carbocycles. The van der Waals surface area contributed by atoms with Crippen LogP contribution in [0, 0.1) is 0 Å². The number of alkyl halides is 2. The number of hydrogen-bond donors (Lipinski definition) is 2. The van der Waals surface area contributed by atoms with E-state index in [1.807, 2.05) is 24.3 Å². The van der Waals surface area contributed by atoms with E-state index in [9.17, 15) is 4.79 Å². The van der Waals surface area contributed by atoms with E-state index in [-0.39, 0.29) is 5.91 Å². The highest BCUT2D eigenvalue weighted by molar-refractivity contribution is 6.18. The van der Waals surface area contributed by atoms with Crippen molar-refractivity contribution in [3.05, 3.63) is 29.8 Å². The van der Waals surface area contributed by atoms with Crippen molar-refractivity contribution >= 4 is 34.8 Å². The largest absolute Gasteiger partial charge is 0.369 e. The molecule has 0 unspecified atom stereocenters. The molecule has 0 aliphatic rings. The molecule has 0 saturated carbocycles. The summed E-state index contributed by atoms with van der Waals surface area (Å²) < 4.78 is 0.888. The van der Waals surface area contributed by atoms with Gasteiger partial charge in [-0.25, -0.2) is 0 Å². The normalized spacial score (nSPS) is 12.7. The van der Waals surface area contributed by atoms with Gasteiger partial charge in [-0.05, 0) is 24.1 Å². The minimum atomic E-state index is -0.535. The number of quaternary nitrogens is 1. The molecule has 1 atom stereocenters. The third-order valence-electron chi connectivity index (χ3n) is 4.11. The maximum absolute atomic E-state index is 12.1. The number of carbonyl (C=O) groups is 1. The zero-order valence-electron chi connectivity index (χ0n) is 16.2. The Morgan fingerprint density at radius 3 is 2.23 bits per heavy atom. The average molecular weight is 404 g/mol. The van der Waals surface area contributed by atoms with Crippen molar-refractivity contribution in [2.45, 2.75) is 18.9 Å². The van der Waals surface area contributed by atoms with Gasteiger partial charge in [0.25, 0.3) is 0 Å². The molecule has 0 radical (unpaired) electrons. The third-order valence-corrected chi connectivity index (χ3v) is 4.45. The first-order valence-electron chi connectivity index (χ1n) is 9.06. The standard InChI is InChI=1S/C19H32Cl2N4O/c1-25(2,3)14-4-11-23-19(26)18(22)15-16-5-7-17(8-6-16)24(12-9-20)13-10-21/h5-8,18H,4,9-15,22H2,1-3H3/p+1/t18-/m1/s1. The Bertz CT molecular complexity index is 525. The van der Waals surface area contributed by atoms with Crippen molar-refractivity contribution < 1.29 is 9.28 Å². The molecule has 26 heavy (non-hydrogen) atoms. The molecule has 7 heteroatoms. The lowest BCUT2D eigenvalue weighted by molar-refractivity contribution is -0.870. The molecule has 0 spiro atoms. The van der Waals surface area contributed by atoms with Gasteiger partial charge in [-0.1, -0.05) is 12.1 Å². The van der Waals surface area contributed by atoms with Gasteiger partial charge in [-0.15, -0.1) is 23.2 Å². The van der Waals surface area contributed by atoms with E-state index in [0.717, 1.165) is 41.8 Å². The van der Waals surface area contributed by atoms with Gasteiger partial charge in [0.1, 0.15) is 0 Å². The van der Waals surface area contributed by atoms with Crippen LogP contribution in [0.15, 0.2) is 24.3 Å². The van der Waals surface area contributed by atoms with Crippen LogP contribution in [0.25, 0.3) is 0 Å². The summed E-state index contributed by atoms with van der Waals surface area (Å²) in [6.45, 7) is 3.18. The molecule has 1 rings (SSSR count). The number of amides is 1. The molecule has 148 valence electrons. The summed E-state index contributed by atoms with van der Waals surface area (Å²) in [5.41, 5.74) is 8.17. The van der Waals surface area contributed by atoms with Crippen LogP contribution < -0.4 is 16.0 Å². The number of rotatable bonds is 12. The number of nitrogens with two attached hydrogens (primary N) is 1. The van der Waals surface area contributed by atoms with Crippen LogP contribution in [-0.4, -0.2) is 75.5 Å². The maximum Gasteiger partial charge on any atom is 0.237 e. The zero-order chi connectivity index (χ0) is 19.6. The summed E-state index contributed by atoms with van der Waals surface area (Å²) in [6.07, 6.45) is 1.46. The van der Waals surface area contributed by atoms with Gasteiger partial charge in [0.15, 0.2) is 0 Å². The number of anilines is 1. The molecule has 0 saturated heterocycles. The van der Waals surface area contributed by atoms with Gasteiger partial charge < -0.3 is 20.4 Å². The van der Waals surface area contributed by atoms with Crippen molar-refractivity contribution in [2.24, 2.45) is 5.73 Å². The number of carbonyl (C=O) groups excluding carboxylic acids is 1. The molecule has 0 aliphatic heterocycles. The highest BCUT2D eigenvalue weighted by Gasteiger charge is 2.15. The number of benzene rings is 1. The minimum absolute atomic E-state index is 0.0959. The summed E-state index contributed by atoms with van der Waals surface area (Å²) in [5.74, 6) is 1.01. The van der Waals surface area contributed by atoms with Gasteiger partial charge in [-0.2, -0.15) is 0 Å². The third kappa shape index (κ3) is 9.08. The molecule has 0 heterocycles. The Hall–Kier alpha value is -1.01. The van der Waals surface area contributed by atoms with Crippen molar-refractivity contribution in [1.29, 1.82) is 0 Å². The number of nitrogens with zero attached hydrogens (tertiary/aromatic N) is 2. The summed E-state index contributed by atoms with van der Waals surface area (Å²) in [5, 5.41) is 2.93. The van der Waals surface area contributed by atoms with Crippen LogP contribution >= 0.6 is 23.2 Å². The topological polar surface area (TPSA) is 58.4 Å². The Morgan fingerprint density at radius 1 is 1.15 bits per heavy atom. The second-order valence-electron chi connectivity index (χ2n) is 7.50. The molecular weight excluding hydrogens is 371 g/mol. The number of hydrogen-bond acceptors (Lipinski definition) is 3. The highest BCUT2D eigenvalue weighted by Crippen LogP contribution is 2.16. The maximum atomic E-state index is 12.1. The molecule has 1 aromatic rings. The first kappa shape index (κ1) is 23.0. The van der Waals surface area contributed by atoms with Crippen LogP contribution in [0.4, 0.5) is 5.69 Å². The number of nitrogens with one attached hydrogen (secondary N) is 1. The Morgan fingerprint density at radius 2 is 1.73 bits per heavy atom. The molecule has 5 nitrogen and oxygen atoms in total. The minimum Gasteiger partial charge on any atom is -0.369 e. The van der Waals surface area contributed by atoms with Gasteiger partial charge in [0.05, 0.1) is 33.7 Å². The fourth-order valence-electron chi connectivity index (χ4n) is 2.66. The molecule has 0 fully saturated rings. The second kappa shape index (κ2) is 11.7. The summed E-state index contributed by atoms with van der Waals surface area (Å²) in [7, 11) is 6.41. The van der Waals surface area contributed by atoms with Crippen molar-refractivity contribution in [3.8, 4) is 0 Å². The summed E-state index contributed by atoms with van der Waals surface area (Å²) in [4.78, 5) is 14.3. The molecular formula is C19H33Cl2N4O+. The average Bonchev–Trinajstić information content (AvgIpc) is 2.58. The molecule has 1 amide bonds. The van der Waals surface area contributed by atoms with E-state index >= 15 is 0 Å². The molecule has 3 N–H and O–H groups in total. The van der Waals surface area contributed by atoms with Crippen LogP contribution in [0.3, 0.4) is 0 Å². The Kier molecular flexibility index (Phi) is 10.3. The quantitative estimate of drug-likeness (QED) is 0.319. The summed E-state index contributed by atoms with van der Waals surface area (Å²) >= 11 is 11.7. The fourth-order valence-corrected chi connectivity index (χ4v) is 3.07. The van der Waals surface area contributed by atoms with E-state index in [2.05, 4.69) is 31.4 Å². The fraction of sp³-hybridized carbons (Fsp3) is 0.632. The Balaban J connectivity index is 2.48. The van der Waals surface area contributed by atoms with Gasteiger partial charge in [-0.3, -0.25) is 4.79 Å². The van der Waals surface area contributed by atoms with Crippen molar-refractivity contribution in [2.75, 3.05) is 64.0 Å². The van der Waals surface area contributed by atoms with E-state index in [1.165, 1.54) is 0 Å². The lowest BCUT2D eigenvalue weighted by Gasteiger charge is -2.24. The van der Waals surface area contributed by atoms with Crippen molar-refractivity contribution in [1.82, 2.24) is 5.32 Å². The second-order valence-corrected chi connectivity index (χ2v) is 8.26. The molecule has 1 aromatic carbocycles. The van der Waals surface area contributed by atoms with E-state index < -0.39 is 6.04 Å². The Labute approximate surface area is 168 Å². The SMILES string of the molecule is C[N+](C)(C)CCCNC(=O)[C@H](N)Cc1ccc(N(CCCl)CCCl)cc1. The first-order valence-corrected chi connectivity index (χ1v) is 10.1. The van der Waals surface area contributed by atoms with Crippen molar-refractivity contribution in [3.63, 3.8) is 0 Å². The van der Waals surface area contributed by atoms with E-state index in [4.69, 9.17) is 28.9 Å². The van der Waals surface area contributed by atoms with Crippen LogP contribution in [-0.2, 0) is 11.2 Å². The highest BCUT2D eigenvalue weighted by atomic mass is 35.5. The van der Waals surface area contributed by atoms with Gasteiger partial charge in [0.2, 0.25) is 5.91 Å².